The van der Waals surface area contributed by atoms with Crippen molar-refractivity contribution in [1.82, 2.24) is 4.90 Å². The third-order valence-corrected chi connectivity index (χ3v) is 5.27. The van der Waals surface area contributed by atoms with E-state index in [1.54, 1.807) is 0 Å². The second kappa shape index (κ2) is 7.42. The molecule has 1 aliphatic rings. The van der Waals surface area contributed by atoms with Crippen LogP contribution >= 0.6 is 0 Å². The summed E-state index contributed by atoms with van der Waals surface area (Å²) in [6.45, 7) is 8.92. The fourth-order valence-corrected chi connectivity index (χ4v) is 3.94. The van der Waals surface area contributed by atoms with Gasteiger partial charge in [0.05, 0.1) is 11.6 Å². The SMILES string of the molecule is CCCc1cccc(C(O)C(CC)(CC)N2CCCC2)c1. The van der Waals surface area contributed by atoms with Crippen molar-refractivity contribution in [2.75, 3.05) is 13.1 Å². The molecule has 1 aliphatic heterocycles. The number of aryl methyl sites for hydroxylation is 1. The highest BCUT2D eigenvalue weighted by Crippen LogP contribution is 2.39. The Kier molecular flexibility index (Phi) is 5.83. The monoisotopic (exact) mass is 289 g/mol. The lowest BCUT2D eigenvalue weighted by molar-refractivity contribution is -0.0295. The van der Waals surface area contributed by atoms with Crippen LogP contribution in [-0.2, 0) is 6.42 Å². The number of hydrogen-bond donors (Lipinski definition) is 1. The van der Waals surface area contributed by atoms with Gasteiger partial charge < -0.3 is 5.11 Å². The minimum absolute atomic E-state index is 0.0959. The smallest absolute Gasteiger partial charge is 0.0973 e. The van der Waals surface area contributed by atoms with Crippen LogP contribution < -0.4 is 0 Å². The van der Waals surface area contributed by atoms with Crippen LogP contribution in [0.2, 0.25) is 0 Å². The second-order valence-corrected chi connectivity index (χ2v) is 6.40. The molecule has 1 fully saturated rings. The Morgan fingerprint density at radius 1 is 1.14 bits per heavy atom. The highest BCUT2D eigenvalue weighted by molar-refractivity contribution is 5.28. The molecule has 1 atom stereocenters. The standard InChI is InChI=1S/C19H31NO/c1-4-10-16-11-9-12-17(15-16)18(21)19(5-2,6-3)20-13-7-8-14-20/h9,11-12,15,18,21H,4-8,10,13-14H2,1-3H3. The van der Waals surface area contributed by atoms with E-state index in [1.807, 2.05) is 0 Å². The molecule has 1 N–H and O–H groups in total. The first-order valence-electron chi connectivity index (χ1n) is 8.69. The van der Waals surface area contributed by atoms with E-state index in [0.717, 1.165) is 44.3 Å². The summed E-state index contributed by atoms with van der Waals surface area (Å²) in [5.41, 5.74) is 2.34. The zero-order valence-corrected chi connectivity index (χ0v) is 13.9. The average Bonchev–Trinajstić information content (AvgIpc) is 3.04. The third-order valence-electron chi connectivity index (χ3n) is 5.27. The number of aliphatic hydroxyl groups excluding tert-OH is 1. The predicted octanol–water partition coefficient (Wildman–Crippen LogP) is 4.33. The van der Waals surface area contributed by atoms with Crippen LogP contribution in [0.3, 0.4) is 0 Å². The van der Waals surface area contributed by atoms with Crippen molar-refractivity contribution < 1.29 is 5.11 Å². The molecule has 2 nitrogen and oxygen atoms in total. The lowest BCUT2D eigenvalue weighted by atomic mass is 9.81. The number of hydrogen-bond acceptors (Lipinski definition) is 2. The highest BCUT2D eigenvalue weighted by atomic mass is 16.3. The van der Waals surface area contributed by atoms with Gasteiger partial charge in [-0.15, -0.1) is 0 Å². The van der Waals surface area contributed by atoms with Crippen LogP contribution in [0.4, 0.5) is 0 Å². The van der Waals surface area contributed by atoms with Gasteiger partial charge in [0.15, 0.2) is 0 Å². The van der Waals surface area contributed by atoms with Gasteiger partial charge in [0, 0.05) is 0 Å². The molecular formula is C19H31NO. The Morgan fingerprint density at radius 3 is 2.38 bits per heavy atom. The zero-order chi connectivity index (χ0) is 15.3. The topological polar surface area (TPSA) is 23.5 Å². The van der Waals surface area contributed by atoms with Crippen LogP contribution in [0.25, 0.3) is 0 Å². The van der Waals surface area contributed by atoms with Gasteiger partial charge in [0.25, 0.3) is 0 Å². The Bertz CT molecular complexity index is 433. The van der Waals surface area contributed by atoms with E-state index in [9.17, 15) is 5.11 Å². The summed E-state index contributed by atoms with van der Waals surface area (Å²) >= 11 is 0. The highest BCUT2D eigenvalue weighted by Gasteiger charge is 2.41. The molecule has 0 spiro atoms. The molecule has 1 aromatic rings. The van der Waals surface area contributed by atoms with Crippen molar-refractivity contribution in [3.05, 3.63) is 35.4 Å². The molecule has 2 rings (SSSR count). The van der Waals surface area contributed by atoms with Gasteiger partial charge in [-0.1, -0.05) is 51.5 Å². The van der Waals surface area contributed by atoms with Crippen molar-refractivity contribution in [2.24, 2.45) is 0 Å². The van der Waals surface area contributed by atoms with Gasteiger partial charge in [-0.05, 0) is 56.3 Å². The van der Waals surface area contributed by atoms with Crippen molar-refractivity contribution in [2.45, 2.75) is 70.9 Å². The number of benzene rings is 1. The normalized spacial score (nSPS) is 18.1. The van der Waals surface area contributed by atoms with Gasteiger partial charge in [0.2, 0.25) is 0 Å². The summed E-state index contributed by atoms with van der Waals surface area (Å²) in [7, 11) is 0. The number of rotatable bonds is 7. The van der Waals surface area contributed by atoms with Crippen molar-refractivity contribution in [1.29, 1.82) is 0 Å². The summed E-state index contributed by atoms with van der Waals surface area (Å²) in [6.07, 6.45) is 6.40. The zero-order valence-electron chi connectivity index (χ0n) is 13.9. The second-order valence-electron chi connectivity index (χ2n) is 6.40. The van der Waals surface area contributed by atoms with Crippen LogP contribution in [0.15, 0.2) is 24.3 Å². The van der Waals surface area contributed by atoms with Gasteiger partial charge in [-0.25, -0.2) is 0 Å². The lowest BCUT2D eigenvalue weighted by Gasteiger charge is -2.44. The Hall–Kier alpha value is -0.860. The van der Waals surface area contributed by atoms with Crippen LogP contribution in [0, 0.1) is 0 Å². The molecule has 0 aromatic heterocycles. The van der Waals surface area contributed by atoms with Crippen LogP contribution in [-0.4, -0.2) is 28.6 Å². The first-order chi connectivity index (χ1) is 10.2. The van der Waals surface area contributed by atoms with Crippen molar-refractivity contribution >= 4 is 0 Å². The summed E-state index contributed by atoms with van der Waals surface area (Å²) in [6, 6.07) is 8.59. The molecule has 0 saturated carbocycles. The molecule has 0 radical (unpaired) electrons. The Balaban J connectivity index is 2.29. The number of nitrogens with zero attached hydrogens (tertiary/aromatic N) is 1. The van der Waals surface area contributed by atoms with Crippen molar-refractivity contribution in [3.63, 3.8) is 0 Å². The molecule has 1 unspecified atom stereocenters. The molecule has 2 heteroatoms. The minimum atomic E-state index is -0.387. The molecule has 0 amide bonds. The van der Waals surface area contributed by atoms with Crippen LogP contribution in [0.1, 0.15) is 70.1 Å². The maximum atomic E-state index is 11.1. The van der Waals surface area contributed by atoms with Gasteiger partial charge in [-0.3, -0.25) is 4.90 Å². The fourth-order valence-electron chi connectivity index (χ4n) is 3.94. The number of aliphatic hydroxyl groups is 1. The first-order valence-corrected chi connectivity index (χ1v) is 8.69. The average molecular weight is 289 g/mol. The van der Waals surface area contributed by atoms with E-state index in [4.69, 9.17) is 0 Å². The predicted molar refractivity (Wildman–Crippen MR) is 89.5 cm³/mol. The largest absolute Gasteiger partial charge is 0.386 e. The van der Waals surface area contributed by atoms with E-state index < -0.39 is 0 Å². The van der Waals surface area contributed by atoms with E-state index in [2.05, 4.69) is 49.9 Å². The van der Waals surface area contributed by atoms with Gasteiger partial charge >= 0.3 is 0 Å². The molecule has 21 heavy (non-hydrogen) atoms. The van der Waals surface area contributed by atoms with Gasteiger partial charge in [0.1, 0.15) is 0 Å². The summed E-state index contributed by atoms with van der Waals surface area (Å²) in [4.78, 5) is 2.53. The van der Waals surface area contributed by atoms with E-state index >= 15 is 0 Å². The van der Waals surface area contributed by atoms with Gasteiger partial charge in [-0.2, -0.15) is 0 Å². The molecule has 1 aromatic carbocycles. The molecule has 1 heterocycles. The van der Waals surface area contributed by atoms with Crippen molar-refractivity contribution in [3.8, 4) is 0 Å². The first kappa shape index (κ1) is 16.5. The van der Waals surface area contributed by atoms with Crippen LogP contribution in [0.5, 0.6) is 0 Å². The maximum absolute atomic E-state index is 11.1. The lowest BCUT2D eigenvalue weighted by Crippen LogP contribution is -2.51. The Morgan fingerprint density at radius 2 is 1.81 bits per heavy atom. The molecule has 0 bridgehead atoms. The summed E-state index contributed by atoms with van der Waals surface area (Å²) < 4.78 is 0. The molecule has 1 saturated heterocycles. The van der Waals surface area contributed by atoms with E-state index in [0.29, 0.717) is 0 Å². The maximum Gasteiger partial charge on any atom is 0.0973 e. The Labute approximate surface area is 130 Å². The summed E-state index contributed by atoms with van der Waals surface area (Å²) in [5, 5.41) is 11.1. The number of likely N-dealkylation sites (tertiary alicyclic amines) is 1. The fraction of sp³-hybridized carbons (Fsp3) is 0.684. The summed E-state index contributed by atoms with van der Waals surface area (Å²) in [5.74, 6) is 0. The third kappa shape index (κ3) is 3.32. The van der Waals surface area contributed by atoms with E-state index in [1.165, 1.54) is 18.4 Å². The molecule has 0 aliphatic carbocycles. The quantitative estimate of drug-likeness (QED) is 0.807. The molecular weight excluding hydrogens is 258 g/mol. The molecule has 118 valence electrons. The van der Waals surface area contributed by atoms with E-state index in [-0.39, 0.29) is 11.6 Å². The minimum Gasteiger partial charge on any atom is -0.386 e.